The van der Waals surface area contributed by atoms with Crippen LogP contribution in [0.4, 0.5) is 0 Å². The van der Waals surface area contributed by atoms with E-state index in [9.17, 15) is 4.79 Å². The number of likely N-dealkylation sites (N-methyl/N-ethyl adjacent to an activating group) is 1. The molecule has 3 aromatic carbocycles. The Hall–Kier alpha value is -3.57. The van der Waals surface area contributed by atoms with E-state index in [1.54, 1.807) is 31.5 Å². The summed E-state index contributed by atoms with van der Waals surface area (Å²) in [6, 6.07) is 20.8. The number of carbonyl (C=O) groups is 1. The topological polar surface area (TPSA) is 82.4 Å². The molecule has 1 amide bonds. The molecule has 0 bridgehead atoms. The van der Waals surface area contributed by atoms with Crippen LogP contribution in [0, 0.1) is 0 Å². The molecule has 2 aromatic heterocycles. The number of carbonyl (C=O) groups excluding carboxylic acids is 1. The Kier molecular flexibility index (Phi) is 9.69. The normalized spacial score (nSPS) is 11.0. The molecule has 42 heavy (non-hydrogen) atoms. The van der Waals surface area contributed by atoms with Crippen molar-refractivity contribution in [3.05, 3.63) is 98.4 Å². The van der Waals surface area contributed by atoms with Crippen LogP contribution in [-0.4, -0.2) is 58.4 Å². The summed E-state index contributed by atoms with van der Waals surface area (Å²) in [6.45, 7) is 0.531. The molecule has 0 fully saturated rings. The monoisotopic (exact) mass is 639 g/mol. The fourth-order valence-corrected chi connectivity index (χ4v) is 6.40. The van der Waals surface area contributed by atoms with Gasteiger partial charge in [0.1, 0.15) is 10.7 Å². The van der Waals surface area contributed by atoms with Gasteiger partial charge in [0.2, 0.25) is 0 Å². The average molecular weight is 641 g/mol. The number of thioether (sulfide) groups is 1. The molecule has 8 nitrogen and oxygen atoms in total. The van der Waals surface area contributed by atoms with E-state index in [1.165, 1.54) is 23.1 Å². The summed E-state index contributed by atoms with van der Waals surface area (Å²) in [5.41, 5.74) is 3.04. The van der Waals surface area contributed by atoms with Crippen LogP contribution in [0.15, 0.2) is 77.3 Å². The smallest absolute Gasteiger partial charge is 0.273 e. The third-order valence-electron chi connectivity index (χ3n) is 6.44. The van der Waals surface area contributed by atoms with Gasteiger partial charge in [-0.3, -0.25) is 9.36 Å². The molecule has 0 aliphatic rings. The molecule has 0 spiro atoms. The van der Waals surface area contributed by atoms with Gasteiger partial charge in [-0.2, -0.15) is 0 Å². The first-order chi connectivity index (χ1) is 20.4. The quantitative estimate of drug-likeness (QED) is 0.140. The lowest BCUT2D eigenvalue weighted by Gasteiger charge is -2.16. The first kappa shape index (κ1) is 29.9. The van der Waals surface area contributed by atoms with Crippen LogP contribution >= 0.6 is 46.3 Å². The lowest BCUT2D eigenvalue weighted by molar-refractivity contribution is 0.0791. The number of rotatable bonds is 11. The van der Waals surface area contributed by atoms with E-state index in [1.807, 2.05) is 71.3 Å². The highest BCUT2D eigenvalue weighted by atomic mass is 35.5. The first-order valence-corrected chi connectivity index (χ1v) is 15.5. The number of benzene rings is 3. The van der Waals surface area contributed by atoms with Gasteiger partial charge in [-0.05, 0) is 54.4 Å². The maximum absolute atomic E-state index is 13.1. The molecular weight excluding hydrogens is 613 g/mol. The Balaban J connectivity index is 1.28. The predicted molar refractivity (Wildman–Crippen MR) is 169 cm³/mol. The number of halogens is 2. The van der Waals surface area contributed by atoms with Gasteiger partial charge in [-0.25, -0.2) is 4.98 Å². The van der Waals surface area contributed by atoms with Crippen molar-refractivity contribution in [3.8, 4) is 28.6 Å². The second kappa shape index (κ2) is 13.6. The fourth-order valence-electron chi connectivity index (χ4n) is 4.26. The van der Waals surface area contributed by atoms with E-state index in [0.717, 1.165) is 21.8 Å². The largest absolute Gasteiger partial charge is 0.493 e. The molecule has 0 saturated carbocycles. The Morgan fingerprint density at radius 2 is 1.81 bits per heavy atom. The van der Waals surface area contributed by atoms with E-state index < -0.39 is 0 Å². The lowest BCUT2D eigenvalue weighted by atomic mass is 10.1. The molecule has 0 N–H and O–H groups in total. The minimum absolute atomic E-state index is 0.133. The SMILES string of the molecule is COc1ccc(CCN(C)C(=O)c2csc(CSc3nnc(-c4ccccc4Cl)n3-c3cccc(Cl)c3)n2)cc1OC. The van der Waals surface area contributed by atoms with Crippen molar-refractivity contribution in [2.45, 2.75) is 17.3 Å². The zero-order chi connectivity index (χ0) is 29.6. The summed E-state index contributed by atoms with van der Waals surface area (Å²) in [4.78, 5) is 19.4. The standard InChI is InChI=1S/C30H27Cl2N5O3S2/c1-36(14-13-19-11-12-25(39-2)26(15-19)40-3)29(38)24-17-41-27(33-24)18-42-30-35-34-28(22-9-4-5-10-23(22)32)37(30)21-8-6-7-20(31)16-21/h4-12,15-17H,13-14,18H2,1-3H3. The van der Waals surface area contributed by atoms with Gasteiger partial charge < -0.3 is 14.4 Å². The van der Waals surface area contributed by atoms with Gasteiger partial charge in [0.05, 0.1) is 30.7 Å². The number of thiazole rings is 1. The van der Waals surface area contributed by atoms with Crippen molar-refractivity contribution >= 4 is 52.2 Å². The Bertz CT molecular complexity index is 1710. The molecule has 0 aliphatic heterocycles. The first-order valence-electron chi connectivity index (χ1n) is 12.9. The van der Waals surface area contributed by atoms with Gasteiger partial charge in [0.25, 0.3) is 5.91 Å². The van der Waals surface area contributed by atoms with E-state index in [4.69, 9.17) is 32.7 Å². The molecule has 0 radical (unpaired) electrons. The zero-order valence-corrected chi connectivity index (χ0v) is 26.2. The number of aromatic nitrogens is 4. The number of methoxy groups -OCH3 is 2. The van der Waals surface area contributed by atoms with Crippen molar-refractivity contribution in [1.82, 2.24) is 24.6 Å². The minimum Gasteiger partial charge on any atom is -0.493 e. The van der Waals surface area contributed by atoms with Gasteiger partial charge in [0, 0.05) is 29.6 Å². The number of ether oxygens (including phenoxy) is 2. The van der Waals surface area contributed by atoms with Crippen molar-refractivity contribution in [2.75, 3.05) is 27.8 Å². The Labute approximate surface area is 262 Å². The summed E-state index contributed by atoms with van der Waals surface area (Å²) in [6.07, 6.45) is 0.669. The molecule has 0 aliphatic carbocycles. The third-order valence-corrected chi connectivity index (χ3v) is 8.98. The molecule has 216 valence electrons. The van der Waals surface area contributed by atoms with E-state index in [-0.39, 0.29) is 5.91 Å². The highest BCUT2D eigenvalue weighted by Gasteiger charge is 2.20. The highest BCUT2D eigenvalue weighted by molar-refractivity contribution is 7.98. The second-order valence-electron chi connectivity index (χ2n) is 9.18. The Morgan fingerprint density at radius 1 is 1.00 bits per heavy atom. The molecule has 5 rings (SSSR count). The maximum Gasteiger partial charge on any atom is 0.273 e. The van der Waals surface area contributed by atoms with Crippen molar-refractivity contribution < 1.29 is 14.3 Å². The number of amides is 1. The number of hydrogen-bond donors (Lipinski definition) is 0. The van der Waals surface area contributed by atoms with E-state index >= 15 is 0 Å². The van der Waals surface area contributed by atoms with Crippen molar-refractivity contribution in [3.63, 3.8) is 0 Å². The molecular formula is C30H27Cl2N5O3S2. The van der Waals surface area contributed by atoms with Crippen LogP contribution in [0.1, 0.15) is 21.1 Å². The van der Waals surface area contributed by atoms with Gasteiger partial charge in [-0.15, -0.1) is 21.5 Å². The molecule has 0 saturated heterocycles. The zero-order valence-electron chi connectivity index (χ0n) is 23.1. The molecule has 2 heterocycles. The van der Waals surface area contributed by atoms with Gasteiger partial charge in [0.15, 0.2) is 22.5 Å². The van der Waals surface area contributed by atoms with Crippen LogP contribution in [0.5, 0.6) is 11.5 Å². The van der Waals surface area contributed by atoms with E-state index in [2.05, 4.69) is 15.2 Å². The summed E-state index contributed by atoms with van der Waals surface area (Å²) >= 11 is 15.7. The molecule has 0 unspecified atom stereocenters. The van der Waals surface area contributed by atoms with Crippen LogP contribution in [0.25, 0.3) is 17.1 Å². The molecule has 5 aromatic rings. The maximum atomic E-state index is 13.1. The van der Waals surface area contributed by atoms with Gasteiger partial charge >= 0.3 is 0 Å². The minimum atomic E-state index is -0.133. The third kappa shape index (κ3) is 6.73. The number of hydrogen-bond acceptors (Lipinski definition) is 8. The average Bonchev–Trinajstić information content (AvgIpc) is 3.66. The van der Waals surface area contributed by atoms with E-state index in [0.29, 0.717) is 56.9 Å². The van der Waals surface area contributed by atoms with Crippen molar-refractivity contribution in [2.24, 2.45) is 0 Å². The molecule has 0 atom stereocenters. The summed E-state index contributed by atoms with van der Waals surface area (Å²) < 4.78 is 12.6. The fraction of sp³-hybridized carbons (Fsp3) is 0.200. The van der Waals surface area contributed by atoms with Gasteiger partial charge in [-0.1, -0.05) is 59.2 Å². The van der Waals surface area contributed by atoms with Crippen LogP contribution in [0.3, 0.4) is 0 Å². The summed E-state index contributed by atoms with van der Waals surface area (Å²) in [7, 11) is 4.99. The predicted octanol–water partition coefficient (Wildman–Crippen LogP) is 7.32. The number of nitrogens with zero attached hydrogens (tertiary/aromatic N) is 5. The second-order valence-corrected chi connectivity index (χ2v) is 11.9. The van der Waals surface area contributed by atoms with Crippen LogP contribution in [0.2, 0.25) is 10.0 Å². The Morgan fingerprint density at radius 3 is 2.57 bits per heavy atom. The van der Waals surface area contributed by atoms with Crippen LogP contribution < -0.4 is 9.47 Å². The summed E-state index contributed by atoms with van der Waals surface area (Å²) in [5, 5.41) is 13.3. The lowest BCUT2D eigenvalue weighted by Crippen LogP contribution is -2.29. The van der Waals surface area contributed by atoms with Crippen molar-refractivity contribution in [1.29, 1.82) is 0 Å². The molecule has 12 heteroatoms. The van der Waals surface area contributed by atoms with Crippen LogP contribution in [-0.2, 0) is 12.2 Å². The summed E-state index contributed by atoms with van der Waals surface area (Å²) in [5.74, 6) is 2.32. The highest BCUT2D eigenvalue weighted by Crippen LogP contribution is 2.34.